The van der Waals surface area contributed by atoms with Gasteiger partial charge in [-0.1, -0.05) is 0 Å². The molecule has 0 aromatic carbocycles. The Kier molecular flexibility index (Phi) is 4.96. The summed E-state index contributed by atoms with van der Waals surface area (Å²) >= 11 is 0. The molecular weight excluding hydrogens is 272 g/mol. The molecule has 2 atom stereocenters. The van der Waals surface area contributed by atoms with Crippen molar-refractivity contribution in [2.75, 3.05) is 0 Å². The highest BCUT2D eigenvalue weighted by molar-refractivity contribution is 6.41. The highest BCUT2D eigenvalue weighted by Crippen LogP contribution is 2.24. The number of carbonyl (C=O) groups excluding carboxylic acids is 3. The molecule has 0 aliphatic carbocycles. The molecule has 9 heteroatoms. The monoisotopic (exact) mass is 291 g/mol. The summed E-state index contributed by atoms with van der Waals surface area (Å²) in [6.45, 7) is 5.06. The van der Waals surface area contributed by atoms with Crippen LogP contribution in [0.4, 0.5) is 4.79 Å². The van der Waals surface area contributed by atoms with E-state index in [4.69, 9.17) is 26.2 Å². The van der Waals surface area contributed by atoms with Gasteiger partial charge in [-0.15, -0.1) is 0 Å². The van der Waals surface area contributed by atoms with Gasteiger partial charge < -0.3 is 21.1 Å². The van der Waals surface area contributed by atoms with Crippen molar-refractivity contribution in [1.82, 2.24) is 10.6 Å². The van der Waals surface area contributed by atoms with Crippen LogP contribution in [0.3, 0.4) is 0 Å². The molecular formula is C12H19B2N3O4. The van der Waals surface area contributed by atoms with Gasteiger partial charge >= 0.3 is 6.09 Å². The van der Waals surface area contributed by atoms with Gasteiger partial charge in [0.15, 0.2) is 0 Å². The molecule has 0 aromatic heterocycles. The van der Waals surface area contributed by atoms with Crippen molar-refractivity contribution in [3.63, 3.8) is 0 Å². The van der Waals surface area contributed by atoms with Crippen LogP contribution in [0.1, 0.15) is 33.6 Å². The summed E-state index contributed by atoms with van der Waals surface area (Å²) in [5, 5.41) is 3.44. The van der Waals surface area contributed by atoms with E-state index in [9.17, 15) is 14.4 Å². The maximum absolute atomic E-state index is 11.7. The number of rotatable bonds is 4. The average molecular weight is 291 g/mol. The zero-order valence-corrected chi connectivity index (χ0v) is 12.4. The van der Waals surface area contributed by atoms with Gasteiger partial charge in [-0.3, -0.25) is 9.59 Å². The second-order valence-corrected chi connectivity index (χ2v) is 6.27. The topological polar surface area (TPSA) is 111 Å². The van der Waals surface area contributed by atoms with E-state index in [0.717, 1.165) is 0 Å². The summed E-state index contributed by atoms with van der Waals surface area (Å²) in [7, 11) is 11.2. The van der Waals surface area contributed by atoms with E-state index in [1.807, 2.05) is 0 Å². The number of nitrogens with one attached hydrogen (secondary N) is 2. The van der Waals surface area contributed by atoms with Gasteiger partial charge in [-0.25, -0.2) is 4.79 Å². The normalized spacial score (nSPS) is 22.2. The maximum atomic E-state index is 11.7. The Bertz CT molecular complexity index is 448. The zero-order valence-electron chi connectivity index (χ0n) is 12.4. The van der Waals surface area contributed by atoms with Crippen molar-refractivity contribution in [1.29, 1.82) is 0 Å². The number of hydrogen-bond acceptors (Lipinski definition) is 4. The Hall–Kier alpha value is -1.66. The smallest absolute Gasteiger partial charge is 0.408 e. The van der Waals surface area contributed by atoms with Gasteiger partial charge in [0, 0.05) is 5.92 Å². The van der Waals surface area contributed by atoms with Crippen molar-refractivity contribution < 1.29 is 19.1 Å². The third-order valence-corrected chi connectivity index (χ3v) is 2.87. The van der Waals surface area contributed by atoms with Crippen molar-refractivity contribution in [3.8, 4) is 0 Å². The molecule has 0 aromatic rings. The van der Waals surface area contributed by atoms with Gasteiger partial charge in [-0.05, 0) is 39.0 Å². The van der Waals surface area contributed by atoms with Crippen LogP contribution in [0, 0.1) is 5.92 Å². The lowest BCUT2D eigenvalue weighted by atomic mass is 9.60. The lowest BCUT2D eigenvalue weighted by Crippen LogP contribution is -2.47. The van der Waals surface area contributed by atoms with E-state index < -0.39 is 34.9 Å². The first-order valence-corrected chi connectivity index (χ1v) is 6.58. The summed E-state index contributed by atoms with van der Waals surface area (Å²) in [6.07, 6.45) is -0.626. The lowest BCUT2D eigenvalue weighted by Gasteiger charge is -2.23. The minimum Gasteiger partial charge on any atom is -0.444 e. The van der Waals surface area contributed by atoms with Gasteiger partial charge in [0.1, 0.15) is 11.6 Å². The highest BCUT2D eigenvalue weighted by Gasteiger charge is 2.38. The highest BCUT2D eigenvalue weighted by atomic mass is 16.6. The third-order valence-electron chi connectivity index (χ3n) is 2.87. The number of primary amides is 1. The van der Waals surface area contributed by atoms with Crippen LogP contribution in [0.25, 0.3) is 0 Å². The molecule has 0 saturated carbocycles. The van der Waals surface area contributed by atoms with E-state index in [1.165, 1.54) is 0 Å². The molecule has 7 nitrogen and oxygen atoms in total. The van der Waals surface area contributed by atoms with Crippen LogP contribution in [0.5, 0.6) is 0 Å². The molecule has 1 heterocycles. The van der Waals surface area contributed by atoms with E-state index in [1.54, 1.807) is 20.8 Å². The number of amides is 3. The van der Waals surface area contributed by atoms with Gasteiger partial charge in [0.05, 0.1) is 15.7 Å². The SMILES string of the molecule is [B]C1([B])CC(CC(NC(=O)OC(C)(C)C)C(N)=O)C(=O)N1. The van der Waals surface area contributed by atoms with E-state index in [2.05, 4.69) is 10.6 Å². The van der Waals surface area contributed by atoms with Crippen LogP contribution in [-0.4, -0.2) is 50.6 Å². The Morgan fingerprint density at radius 1 is 1.52 bits per heavy atom. The summed E-state index contributed by atoms with van der Waals surface area (Å²) in [4.78, 5) is 34.8. The van der Waals surface area contributed by atoms with Crippen molar-refractivity contribution in [2.24, 2.45) is 11.7 Å². The van der Waals surface area contributed by atoms with Crippen LogP contribution in [0.15, 0.2) is 0 Å². The molecule has 4 radical (unpaired) electrons. The third kappa shape index (κ3) is 5.69. The molecule has 1 rings (SSSR count). The predicted octanol–water partition coefficient (Wildman–Crippen LogP) is -1.12. The van der Waals surface area contributed by atoms with Gasteiger partial charge in [0.2, 0.25) is 11.8 Å². The number of alkyl carbamates (subject to hydrolysis) is 1. The minimum absolute atomic E-state index is 0.0105. The fourth-order valence-corrected chi connectivity index (χ4v) is 2.05. The summed E-state index contributed by atoms with van der Waals surface area (Å²) in [5.41, 5.74) is 4.53. The molecule has 1 aliphatic heterocycles. The molecule has 0 spiro atoms. The molecule has 3 amide bonds. The Labute approximate surface area is 126 Å². The second-order valence-electron chi connectivity index (χ2n) is 6.27. The fraction of sp³-hybridized carbons (Fsp3) is 0.750. The Balaban J connectivity index is 2.65. The Morgan fingerprint density at radius 3 is 2.48 bits per heavy atom. The van der Waals surface area contributed by atoms with Crippen LogP contribution < -0.4 is 16.4 Å². The average Bonchev–Trinajstić information content (AvgIpc) is 2.47. The number of carbonyl (C=O) groups is 3. The number of nitrogens with two attached hydrogens (primary N) is 1. The number of hydrogen-bond donors (Lipinski definition) is 3. The van der Waals surface area contributed by atoms with Crippen molar-refractivity contribution in [3.05, 3.63) is 0 Å². The first kappa shape index (κ1) is 17.4. The Morgan fingerprint density at radius 2 is 2.10 bits per heavy atom. The van der Waals surface area contributed by atoms with Gasteiger partial charge in [-0.2, -0.15) is 0 Å². The maximum Gasteiger partial charge on any atom is 0.408 e. The molecule has 2 unspecified atom stereocenters. The lowest BCUT2D eigenvalue weighted by molar-refractivity contribution is -0.124. The fourth-order valence-electron chi connectivity index (χ4n) is 2.05. The zero-order chi connectivity index (χ0) is 16.4. The van der Waals surface area contributed by atoms with E-state index >= 15 is 0 Å². The molecule has 4 N–H and O–H groups in total. The molecule has 112 valence electrons. The summed E-state index contributed by atoms with van der Waals surface area (Å²) in [6, 6.07) is -1.04. The van der Waals surface area contributed by atoms with Crippen LogP contribution in [-0.2, 0) is 14.3 Å². The van der Waals surface area contributed by atoms with E-state index in [0.29, 0.717) is 0 Å². The van der Waals surface area contributed by atoms with Crippen molar-refractivity contribution >= 4 is 33.6 Å². The first-order valence-electron chi connectivity index (χ1n) is 6.58. The quantitative estimate of drug-likeness (QED) is 0.570. The molecule has 1 fully saturated rings. The summed E-state index contributed by atoms with van der Waals surface area (Å²) < 4.78 is 5.04. The standard InChI is InChI=1S/C12H19B2N3O4/c1-11(2,3)21-10(20)16-7(8(15)18)4-6-5-12(13,14)17-9(6)19/h6-7H,4-5H2,1-3H3,(H2,15,18)(H,16,20)(H,17,19). The molecule has 0 bridgehead atoms. The molecule has 21 heavy (non-hydrogen) atoms. The summed E-state index contributed by atoms with van der Waals surface area (Å²) in [5.74, 6) is -1.75. The minimum atomic E-state index is -1.31. The number of ether oxygens (including phenoxy) is 1. The van der Waals surface area contributed by atoms with Crippen LogP contribution >= 0.6 is 0 Å². The molecule has 1 saturated heterocycles. The second kappa shape index (κ2) is 5.99. The van der Waals surface area contributed by atoms with Crippen molar-refractivity contribution in [2.45, 2.75) is 50.6 Å². The first-order chi connectivity index (χ1) is 9.39. The largest absolute Gasteiger partial charge is 0.444 e. The predicted molar refractivity (Wildman–Crippen MR) is 77.5 cm³/mol. The van der Waals surface area contributed by atoms with Gasteiger partial charge in [0.25, 0.3) is 0 Å². The molecule has 1 aliphatic rings. The van der Waals surface area contributed by atoms with E-state index in [-0.39, 0.29) is 18.7 Å². The van der Waals surface area contributed by atoms with Crippen LogP contribution in [0.2, 0.25) is 0 Å².